The number of hydrogen-bond donors (Lipinski definition) is 1. The molecule has 0 amide bonds. The molecule has 1 saturated heterocycles. The second-order valence-corrected chi connectivity index (χ2v) is 15.8. The molecule has 64 heavy (non-hydrogen) atoms. The van der Waals surface area contributed by atoms with Crippen LogP contribution >= 0.6 is 11.6 Å². The maximum Gasteiger partial charge on any atom is 0.256 e. The molecular formula is C44H66ClN9O10. The molecule has 19 nitrogen and oxygen atoms in total. The van der Waals surface area contributed by atoms with Gasteiger partial charge in [0.25, 0.3) is 5.88 Å². The van der Waals surface area contributed by atoms with E-state index in [1.807, 2.05) is 36.0 Å². The minimum Gasteiger partial charge on any atom is -0.487 e. The maximum atomic E-state index is 6.51. The number of halogens is 1. The Bertz CT molecular complexity index is 1830. The van der Waals surface area contributed by atoms with Crippen molar-refractivity contribution in [2.45, 2.75) is 63.8 Å². The molecule has 20 heteroatoms. The first-order valence-electron chi connectivity index (χ1n) is 22.4. The Kier molecular flexibility index (Phi) is 22.2. The lowest BCUT2D eigenvalue weighted by molar-refractivity contribution is -0.0193. The van der Waals surface area contributed by atoms with E-state index in [2.05, 4.69) is 30.3 Å². The number of nitrogens with zero attached hydrogens (tertiary/aromatic N) is 8. The summed E-state index contributed by atoms with van der Waals surface area (Å²) in [5, 5.41) is 13.0. The molecule has 2 fully saturated rings. The Balaban J connectivity index is 0.910. The van der Waals surface area contributed by atoms with Crippen LogP contribution in [0, 0.1) is 0 Å². The third-order valence-electron chi connectivity index (χ3n) is 10.7. The molecule has 0 radical (unpaired) electrons. The van der Waals surface area contributed by atoms with E-state index in [0.717, 1.165) is 63.1 Å². The van der Waals surface area contributed by atoms with Crippen molar-refractivity contribution in [1.82, 2.24) is 39.4 Å². The second kappa shape index (κ2) is 28.8. The van der Waals surface area contributed by atoms with E-state index in [1.165, 1.54) is 6.33 Å². The van der Waals surface area contributed by atoms with Gasteiger partial charge in [-0.15, -0.1) is 5.10 Å². The lowest BCUT2D eigenvalue weighted by atomic mass is 9.90. The molecule has 1 saturated carbocycles. The zero-order valence-electron chi connectivity index (χ0n) is 37.4. The van der Waals surface area contributed by atoms with Gasteiger partial charge in [-0.05, 0) is 50.3 Å². The zero-order chi connectivity index (χ0) is 44.4. The topological polar surface area (TPSA) is 182 Å². The van der Waals surface area contributed by atoms with E-state index < -0.39 is 0 Å². The highest BCUT2D eigenvalue weighted by Crippen LogP contribution is 2.35. The van der Waals surface area contributed by atoms with Gasteiger partial charge in [0.15, 0.2) is 0 Å². The fraction of sp³-hybridized carbons (Fsp3) is 0.659. The summed E-state index contributed by atoms with van der Waals surface area (Å²) in [6, 6.07) is 6.49. The van der Waals surface area contributed by atoms with Crippen molar-refractivity contribution in [1.29, 1.82) is 0 Å². The van der Waals surface area contributed by atoms with Gasteiger partial charge < -0.3 is 52.7 Å². The Morgan fingerprint density at radius 3 is 1.98 bits per heavy atom. The predicted octanol–water partition coefficient (Wildman–Crippen LogP) is 5.13. The predicted molar refractivity (Wildman–Crippen MR) is 239 cm³/mol. The summed E-state index contributed by atoms with van der Waals surface area (Å²) in [5.74, 6) is 1.50. The smallest absolute Gasteiger partial charge is 0.256 e. The molecule has 2 aliphatic rings. The van der Waals surface area contributed by atoms with Gasteiger partial charge in [0.1, 0.15) is 30.2 Å². The number of morpholine rings is 1. The monoisotopic (exact) mass is 915 g/mol. The van der Waals surface area contributed by atoms with Gasteiger partial charge in [0, 0.05) is 57.2 Å². The van der Waals surface area contributed by atoms with Gasteiger partial charge in [-0.25, -0.2) is 19.6 Å². The third-order valence-corrected chi connectivity index (χ3v) is 11.0. The lowest BCUT2D eigenvalue weighted by Gasteiger charge is -2.38. The van der Waals surface area contributed by atoms with Crippen molar-refractivity contribution in [3.05, 3.63) is 54.5 Å². The van der Waals surface area contributed by atoms with E-state index >= 15 is 0 Å². The number of benzene rings is 1. The normalized spacial score (nSPS) is 17.4. The summed E-state index contributed by atoms with van der Waals surface area (Å²) in [6.07, 6.45) is 13.5. The molecule has 1 aliphatic carbocycles. The number of nitrogens with one attached hydrogen (secondary N) is 1. The molecule has 1 N–H and O–H groups in total. The van der Waals surface area contributed by atoms with E-state index in [-0.39, 0.29) is 12.1 Å². The minimum absolute atomic E-state index is 0.184. The summed E-state index contributed by atoms with van der Waals surface area (Å²) < 4.78 is 60.0. The van der Waals surface area contributed by atoms with Crippen molar-refractivity contribution in [3.63, 3.8) is 0 Å². The number of hydrogen-bond acceptors (Lipinski definition) is 17. The van der Waals surface area contributed by atoms with Crippen molar-refractivity contribution in [3.8, 4) is 22.8 Å². The number of anilines is 2. The van der Waals surface area contributed by atoms with Crippen LogP contribution in [0.4, 0.5) is 11.6 Å². The first-order valence-corrected chi connectivity index (χ1v) is 22.8. The van der Waals surface area contributed by atoms with Gasteiger partial charge in [-0.3, -0.25) is 9.58 Å². The summed E-state index contributed by atoms with van der Waals surface area (Å²) in [6.45, 7) is 13.3. The molecule has 354 valence electrons. The Morgan fingerprint density at radius 2 is 1.38 bits per heavy atom. The molecule has 1 atom stereocenters. The van der Waals surface area contributed by atoms with E-state index in [4.69, 9.17) is 64.1 Å². The van der Waals surface area contributed by atoms with Crippen molar-refractivity contribution >= 4 is 23.2 Å². The maximum absolute atomic E-state index is 6.51. The average Bonchev–Trinajstić information content (AvgIpc) is 3.99. The highest BCUT2D eigenvalue weighted by molar-refractivity contribution is 6.32. The van der Waals surface area contributed by atoms with Gasteiger partial charge >= 0.3 is 0 Å². The number of rotatable bonds is 32. The van der Waals surface area contributed by atoms with Gasteiger partial charge in [-0.2, -0.15) is 5.10 Å². The molecule has 1 aromatic carbocycles. The van der Waals surface area contributed by atoms with Crippen LogP contribution in [0.3, 0.4) is 0 Å². The summed E-state index contributed by atoms with van der Waals surface area (Å²) in [5.41, 5.74) is 2.40. The van der Waals surface area contributed by atoms with Crippen molar-refractivity contribution < 1.29 is 47.4 Å². The molecule has 1 aliphatic heterocycles. The van der Waals surface area contributed by atoms with Crippen LogP contribution in [-0.4, -0.2) is 177 Å². The van der Waals surface area contributed by atoms with Crippen LogP contribution in [0.2, 0.25) is 5.02 Å². The van der Waals surface area contributed by atoms with Crippen LogP contribution in [-0.2, 0) is 44.4 Å². The van der Waals surface area contributed by atoms with Gasteiger partial charge in [0.2, 0.25) is 5.95 Å². The molecule has 3 aromatic heterocycles. The summed E-state index contributed by atoms with van der Waals surface area (Å²) >= 11 is 6.51. The second-order valence-electron chi connectivity index (χ2n) is 15.4. The zero-order valence-corrected chi connectivity index (χ0v) is 38.1. The fourth-order valence-electron chi connectivity index (χ4n) is 7.34. The molecule has 6 rings (SSSR count). The summed E-state index contributed by atoms with van der Waals surface area (Å²) in [4.78, 5) is 15.9. The van der Waals surface area contributed by atoms with Gasteiger partial charge in [0.05, 0.1) is 123 Å². The number of ether oxygens (including phenoxy) is 10. The third kappa shape index (κ3) is 17.4. The van der Waals surface area contributed by atoms with Crippen LogP contribution in [0.5, 0.6) is 11.6 Å². The highest BCUT2D eigenvalue weighted by Gasteiger charge is 2.29. The fourth-order valence-corrected chi connectivity index (χ4v) is 7.50. The first kappa shape index (κ1) is 49.4. The Labute approximate surface area is 381 Å². The van der Waals surface area contributed by atoms with Crippen LogP contribution in [0.1, 0.15) is 45.1 Å². The molecule has 0 bridgehead atoms. The van der Waals surface area contributed by atoms with E-state index in [1.54, 1.807) is 30.5 Å². The van der Waals surface area contributed by atoms with Crippen molar-refractivity contribution in [2.24, 2.45) is 0 Å². The Hall–Kier alpha value is -4.02. The molecule has 4 heterocycles. The van der Waals surface area contributed by atoms with E-state index in [9.17, 15) is 0 Å². The van der Waals surface area contributed by atoms with Crippen LogP contribution < -0.4 is 14.8 Å². The summed E-state index contributed by atoms with van der Waals surface area (Å²) in [7, 11) is 1.65. The molecule has 0 unspecified atom stereocenters. The number of aromatic nitrogens is 7. The average molecular weight is 917 g/mol. The highest BCUT2D eigenvalue weighted by atomic mass is 35.5. The largest absolute Gasteiger partial charge is 0.487 e. The molecular weight excluding hydrogens is 850 g/mol. The standard InChI is InChI=1S/C44H66ClN9O10/c1-35(31-53-34-46-33-49-53)64-42-28-36(4-9-40(42)45)37-29-47-44(48-30-37)50-41-32-54(39-7-5-38(6-8-39)52-10-14-57-15-11-52)51-43(41)63-13-3-12-56-18-19-59-22-23-61-26-27-62-25-24-60-21-20-58-17-16-55-2/h4,9,28-30,32-35,38-39H,3,5-8,10-27,31H2,1-2H3,(H,47,48,50)/t35-,38-,39-/m0/s1. The quantitative estimate of drug-likeness (QED) is 0.0637. The number of methoxy groups -OCH3 is 1. The lowest BCUT2D eigenvalue weighted by Crippen LogP contribution is -2.45. The van der Waals surface area contributed by atoms with Crippen LogP contribution in [0.15, 0.2) is 49.4 Å². The Morgan fingerprint density at radius 1 is 0.766 bits per heavy atom. The first-order chi connectivity index (χ1) is 31.6. The minimum atomic E-state index is -0.184. The molecule has 4 aromatic rings. The SMILES string of the molecule is COCCOCCOCCOCCOCCOCCOCCCOc1nn([C@H]2CC[C@H](N3CCOCC3)CC2)cc1Nc1ncc(-c2ccc(Cl)c(O[C@@H](C)Cn3cncn3)c2)cn1. The van der Waals surface area contributed by atoms with E-state index in [0.29, 0.717) is 140 Å². The van der Waals surface area contributed by atoms with Gasteiger partial charge in [-0.1, -0.05) is 17.7 Å². The molecule has 0 spiro atoms. The van der Waals surface area contributed by atoms with Crippen molar-refractivity contribution in [2.75, 3.05) is 131 Å². The van der Waals surface area contributed by atoms with Crippen LogP contribution in [0.25, 0.3) is 11.1 Å².